The van der Waals surface area contributed by atoms with Crippen molar-refractivity contribution in [2.24, 2.45) is 4.99 Å². The van der Waals surface area contributed by atoms with Crippen LogP contribution in [0.2, 0.25) is 0 Å². The molecule has 1 aliphatic carbocycles. The molecule has 0 saturated heterocycles. The third-order valence-electron chi connectivity index (χ3n) is 10.2. The highest BCUT2D eigenvalue weighted by Crippen LogP contribution is 2.61. The third kappa shape index (κ3) is 4.09. The van der Waals surface area contributed by atoms with Gasteiger partial charge in [0.25, 0.3) is 0 Å². The Hall–Kier alpha value is -5.67. The summed E-state index contributed by atoms with van der Waals surface area (Å²) in [6.07, 6.45) is 1.92. The average molecular weight is 607 g/mol. The van der Waals surface area contributed by atoms with Gasteiger partial charge in [0.05, 0.1) is 11.1 Å². The van der Waals surface area contributed by atoms with E-state index >= 15 is 0 Å². The summed E-state index contributed by atoms with van der Waals surface area (Å²) < 4.78 is 6.58. The van der Waals surface area contributed by atoms with E-state index in [9.17, 15) is 0 Å². The van der Waals surface area contributed by atoms with Gasteiger partial charge in [-0.3, -0.25) is 4.99 Å². The Morgan fingerprint density at radius 3 is 1.72 bits per heavy atom. The van der Waals surface area contributed by atoms with Gasteiger partial charge >= 0.3 is 0 Å². The van der Waals surface area contributed by atoms with Crippen LogP contribution in [0.15, 0.2) is 163 Å². The van der Waals surface area contributed by atoms with Gasteiger partial charge < -0.3 is 10.1 Å². The number of allylic oxidation sites excluding steroid dienone is 1. The summed E-state index contributed by atoms with van der Waals surface area (Å²) in [4.78, 5) is 5.32. The molecular formula is C44H34N2O. The molecule has 0 bridgehead atoms. The number of rotatable bonds is 3. The normalized spacial score (nSPS) is 17.9. The smallest absolute Gasteiger partial charge is 0.145 e. The number of benzene rings is 6. The zero-order valence-corrected chi connectivity index (χ0v) is 26.4. The number of nitrogens with zero attached hydrogens (tertiary/aromatic N) is 1. The standard InChI is InChI=1S/C44H34N2O/c1-43(2)32-19-9-10-20-33(32)44(35-21-11-13-23-40(35)47-41-24-14-12-22-36(41)44)34-26-25-31(27-37(34)43)42-45-38(29-15-5-3-6-16-29)28-39(46-42)30-17-7-4-8-18-30/h3-28,42,45H,1-2H3. The number of para-hydroxylation sites is 2. The Balaban J connectivity index is 1.28. The first-order chi connectivity index (χ1) is 23.0. The van der Waals surface area contributed by atoms with Gasteiger partial charge in [0, 0.05) is 22.2 Å². The fourth-order valence-corrected chi connectivity index (χ4v) is 8.04. The largest absolute Gasteiger partial charge is 0.457 e. The summed E-state index contributed by atoms with van der Waals surface area (Å²) >= 11 is 0. The van der Waals surface area contributed by atoms with E-state index in [1.54, 1.807) is 0 Å². The molecule has 6 aromatic carbocycles. The molecule has 226 valence electrons. The maximum absolute atomic E-state index is 6.58. The lowest BCUT2D eigenvalue weighted by molar-refractivity contribution is 0.425. The fraction of sp³-hybridized carbons (Fsp3) is 0.114. The maximum atomic E-state index is 6.58. The lowest BCUT2D eigenvalue weighted by Crippen LogP contribution is -2.43. The summed E-state index contributed by atoms with van der Waals surface area (Å²) in [6.45, 7) is 4.72. The molecule has 3 nitrogen and oxygen atoms in total. The van der Waals surface area contributed by atoms with Gasteiger partial charge in [0.15, 0.2) is 0 Å². The lowest BCUT2D eigenvalue weighted by atomic mass is 9.53. The second-order valence-corrected chi connectivity index (χ2v) is 13.2. The van der Waals surface area contributed by atoms with Crippen LogP contribution < -0.4 is 10.1 Å². The van der Waals surface area contributed by atoms with Gasteiger partial charge in [-0.05, 0) is 57.2 Å². The molecule has 0 fully saturated rings. The average Bonchev–Trinajstić information content (AvgIpc) is 3.14. The van der Waals surface area contributed by atoms with Crippen molar-refractivity contribution in [3.05, 3.63) is 208 Å². The quantitative estimate of drug-likeness (QED) is 0.217. The van der Waals surface area contributed by atoms with Crippen molar-refractivity contribution in [1.29, 1.82) is 0 Å². The van der Waals surface area contributed by atoms with Crippen LogP contribution in [0.25, 0.3) is 5.70 Å². The molecule has 3 heteroatoms. The molecular weight excluding hydrogens is 572 g/mol. The molecule has 6 aromatic rings. The molecule has 1 N–H and O–H groups in total. The van der Waals surface area contributed by atoms with Crippen LogP contribution in [-0.4, -0.2) is 5.71 Å². The van der Waals surface area contributed by atoms with Gasteiger partial charge in [-0.15, -0.1) is 0 Å². The highest BCUT2D eigenvalue weighted by Gasteiger charge is 2.52. The van der Waals surface area contributed by atoms with Gasteiger partial charge in [-0.2, -0.15) is 0 Å². The van der Waals surface area contributed by atoms with Crippen molar-refractivity contribution in [2.45, 2.75) is 30.8 Å². The summed E-state index contributed by atoms with van der Waals surface area (Å²) in [6, 6.07) is 54.2. The van der Waals surface area contributed by atoms with E-state index in [-0.39, 0.29) is 11.6 Å². The first kappa shape index (κ1) is 27.6. The van der Waals surface area contributed by atoms with Crippen molar-refractivity contribution < 1.29 is 4.74 Å². The Labute approximate surface area is 275 Å². The molecule has 0 amide bonds. The Morgan fingerprint density at radius 2 is 1.06 bits per heavy atom. The monoisotopic (exact) mass is 606 g/mol. The van der Waals surface area contributed by atoms with E-state index in [1.807, 2.05) is 0 Å². The van der Waals surface area contributed by atoms with E-state index in [2.05, 4.69) is 177 Å². The van der Waals surface area contributed by atoms with Crippen LogP contribution >= 0.6 is 0 Å². The molecule has 1 spiro atoms. The van der Waals surface area contributed by atoms with E-state index in [1.165, 1.54) is 33.4 Å². The van der Waals surface area contributed by atoms with Crippen molar-refractivity contribution in [3.8, 4) is 11.5 Å². The first-order valence-electron chi connectivity index (χ1n) is 16.3. The second-order valence-electron chi connectivity index (χ2n) is 13.2. The van der Waals surface area contributed by atoms with Crippen molar-refractivity contribution in [2.75, 3.05) is 0 Å². The van der Waals surface area contributed by atoms with Crippen LogP contribution in [0.4, 0.5) is 0 Å². The number of aliphatic imine (C=N–C) groups is 1. The van der Waals surface area contributed by atoms with Gasteiger partial charge in [0.2, 0.25) is 0 Å². The summed E-state index contributed by atoms with van der Waals surface area (Å²) in [5.74, 6) is 1.80. The van der Waals surface area contributed by atoms with E-state index in [0.29, 0.717) is 0 Å². The summed E-state index contributed by atoms with van der Waals surface area (Å²) in [7, 11) is 0. The molecule has 2 heterocycles. The zero-order chi connectivity index (χ0) is 31.6. The van der Waals surface area contributed by atoms with Crippen LogP contribution in [0.1, 0.15) is 70.1 Å². The molecule has 9 rings (SSSR count). The number of hydrogen-bond donors (Lipinski definition) is 1. The maximum Gasteiger partial charge on any atom is 0.145 e. The highest BCUT2D eigenvalue weighted by atomic mass is 16.5. The Kier molecular flexibility index (Phi) is 6.13. The van der Waals surface area contributed by atoms with E-state index in [0.717, 1.165) is 39.6 Å². The topological polar surface area (TPSA) is 33.6 Å². The van der Waals surface area contributed by atoms with Crippen LogP contribution in [0.5, 0.6) is 11.5 Å². The molecule has 1 atom stereocenters. The minimum Gasteiger partial charge on any atom is -0.457 e. The fourth-order valence-electron chi connectivity index (χ4n) is 8.04. The third-order valence-corrected chi connectivity index (χ3v) is 10.2. The molecule has 2 aliphatic heterocycles. The highest BCUT2D eigenvalue weighted by molar-refractivity contribution is 6.13. The van der Waals surface area contributed by atoms with Crippen LogP contribution in [0, 0.1) is 0 Å². The number of ether oxygens (including phenoxy) is 1. The number of hydrogen-bond acceptors (Lipinski definition) is 3. The molecule has 0 aromatic heterocycles. The van der Waals surface area contributed by atoms with E-state index < -0.39 is 5.41 Å². The van der Waals surface area contributed by atoms with Crippen molar-refractivity contribution >= 4 is 11.4 Å². The van der Waals surface area contributed by atoms with Crippen LogP contribution in [0.3, 0.4) is 0 Å². The SMILES string of the molecule is CC1(C)c2ccccc2C2(c3ccccc3Oc3ccccc32)c2ccc(C3N=C(c4ccccc4)C=C(c4ccccc4)N3)cc21. The molecule has 0 radical (unpaired) electrons. The summed E-state index contributed by atoms with van der Waals surface area (Å²) in [5.41, 5.74) is 12.2. The Morgan fingerprint density at radius 1 is 0.532 bits per heavy atom. The predicted molar refractivity (Wildman–Crippen MR) is 190 cm³/mol. The molecule has 0 saturated carbocycles. The molecule has 47 heavy (non-hydrogen) atoms. The molecule has 3 aliphatic rings. The lowest BCUT2D eigenvalue weighted by Gasteiger charge is -2.50. The Bertz CT molecular complexity index is 2180. The minimum atomic E-state index is -0.529. The second kappa shape index (κ2) is 10.4. The van der Waals surface area contributed by atoms with Crippen molar-refractivity contribution in [3.63, 3.8) is 0 Å². The minimum absolute atomic E-state index is 0.256. The van der Waals surface area contributed by atoms with Gasteiger partial charge in [-0.25, -0.2) is 0 Å². The number of fused-ring (bicyclic) bond motifs is 8. The van der Waals surface area contributed by atoms with Gasteiger partial charge in [-0.1, -0.05) is 153 Å². The van der Waals surface area contributed by atoms with E-state index in [4.69, 9.17) is 9.73 Å². The van der Waals surface area contributed by atoms with Gasteiger partial charge in [0.1, 0.15) is 17.7 Å². The zero-order valence-electron chi connectivity index (χ0n) is 26.4. The molecule has 1 unspecified atom stereocenters. The summed E-state index contributed by atoms with van der Waals surface area (Å²) in [5, 5.41) is 3.80. The number of nitrogens with one attached hydrogen (secondary N) is 1. The first-order valence-corrected chi connectivity index (χ1v) is 16.3. The van der Waals surface area contributed by atoms with Crippen molar-refractivity contribution in [1.82, 2.24) is 5.32 Å². The predicted octanol–water partition coefficient (Wildman–Crippen LogP) is 9.95. The van der Waals surface area contributed by atoms with Crippen LogP contribution in [-0.2, 0) is 10.8 Å².